The van der Waals surface area contributed by atoms with E-state index in [2.05, 4.69) is 0 Å². The van der Waals surface area contributed by atoms with Crippen molar-refractivity contribution >= 4 is 22.0 Å². The molecule has 1 amide bonds. The Morgan fingerprint density at radius 1 is 1.27 bits per heavy atom. The molecule has 0 aromatic heterocycles. The van der Waals surface area contributed by atoms with E-state index in [-0.39, 0.29) is 11.9 Å². The standard InChI is InChI=1S/C15H21N3O3S/c1-13(15(16)19)17-8-10-18(11-9-17)22(20,21)12-7-14-5-3-2-4-6-14/h2-7,12-13H,8-11H2,1H3,(H2,16,19)/p+1/b12-7+/t13-/m0/s1. The molecule has 1 heterocycles. The van der Waals surface area contributed by atoms with E-state index in [1.54, 1.807) is 13.0 Å². The number of hydrogen-bond acceptors (Lipinski definition) is 3. The van der Waals surface area contributed by atoms with Crippen LogP contribution in [0.15, 0.2) is 35.7 Å². The largest absolute Gasteiger partial charge is 0.365 e. The zero-order valence-corrected chi connectivity index (χ0v) is 13.4. The van der Waals surface area contributed by atoms with Gasteiger partial charge in [-0.1, -0.05) is 30.3 Å². The van der Waals surface area contributed by atoms with Crippen molar-refractivity contribution in [2.75, 3.05) is 26.2 Å². The average molecular weight is 324 g/mol. The smallest absolute Gasteiger partial charge is 0.275 e. The number of quaternary nitrogens is 1. The van der Waals surface area contributed by atoms with Crippen LogP contribution in [-0.2, 0) is 14.8 Å². The van der Waals surface area contributed by atoms with Crippen LogP contribution in [-0.4, -0.2) is 50.9 Å². The van der Waals surface area contributed by atoms with Crippen LogP contribution in [0.4, 0.5) is 0 Å². The van der Waals surface area contributed by atoms with Crippen molar-refractivity contribution in [2.24, 2.45) is 5.73 Å². The van der Waals surface area contributed by atoms with Gasteiger partial charge in [-0.3, -0.25) is 4.79 Å². The summed E-state index contributed by atoms with van der Waals surface area (Å²) >= 11 is 0. The summed E-state index contributed by atoms with van der Waals surface area (Å²) in [7, 11) is -3.43. The Bertz CT molecular complexity index is 635. The molecular formula is C15H22N3O3S+. The number of primary amides is 1. The Morgan fingerprint density at radius 2 is 1.86 bits per heavy atom. The molecule has 0 bridgehead atoms. The van der Waals surface area contributed by atoms with Gasteiger partial charge in [0.1, 0.15) is 0 Å². The second-order valence-corrected chi connectivity index (χ2v) is 7.26. The minimum absolute atomic E-state index is 0.287. The molecule has 6 nitrogen and oxygen atoms in total. The number of amides is 1. The fourth-order valence-electron chi connectivity index (χ4n) is 2.48. The maximum absolute atomic E-state index is 12.3. The van der Waals surface area contributed by atoms with Crippen molar-refractivity contribution in [3.05, 3.63) is 41.3 Å². The molecule has 7 heteroatoms. The number of piperazine rings is 1. The number of benzene rings is 1. The SMILES string of the molecule is C[C@@H](C(N)=O)[NH+]1CCN(S(=O)(=O)/C=C/c2ccccc2)CC1. The second-order valence-electron chi connectivity index (χ2n) is 5.44. The second kappa shape index (κ2) is 7.04. The molecular weight excluding hydrogens is 302 g/mol. The summed E-state index contributed by atoms with van der Waals surface area (Å²) in [6, 6.07) is 9.02. The molecule has 0 saturated carbocycles. The molecule has 22 heavy (non-hydrogen) atoms. The Hall–Kier alpha value is -1.70. The first kappa shape index (κ1) is 16.7. The summed E-state index contributed by atoms with van der Waals surface area (Å²) in [6.07, 6.45) is 1.60. The topological polar surface area (TPSA) is 84.9 Å². The molecule has 1 atom stereocenters. The van der Waals surface area contributed by atoms with E-state index in [1.165, 1.54) is 9.71 Å². The maximum atomic E-state index is 12.3. The van der Waals surface area contributed by atoms with Gasteiger partial charge >= 0.3 is 0 Å². The quantitative estimate of drug-likeness (QED) is 0.733. The Labute approximate surface area is 131 Å². The lowest BCUT2D eigenvalue weighted by Gasteiger charge is -2.33. The number of nitrogens with zero attached hydrogens (tertiary/aromatic N) is 1. The molecule has 1 aliphatic heterocycles. The van der Waals surface area contributed by atoms with Crippen molar-refractivity contribution in [2.45, 2.75) is 13.0 Å². The number of carbonyl (C=O) groups excluding carboxylic acids is 1. The number of carbonyl (C=O) groups is 1. The van der Waals surface area contributed by atoms with Crippen LogP contribution in [0.5, 0.6) is 0 Å². The lowest BCUT2D eigenvalue weighted by molar-refractivity contribution is -0.917. The Morgan fingerprint density at radius 3 is 2.41 bits per heavy atom. The fourth-order valence-corrected chi connectivity index (χ4v) is 3.67. The van der Waals surface area contributed by atoms with Gasteiger partial charge in [0.2, 0.25) is 10.0 Å². The van der Waals surface area contributed by atoms with Gasteiger partial charge in [-0.05, 0) is 18.6 Å². The van der Waals surface area contributed by atoms with E-state index in [0.29, 0.717) is 26.2 Å². The molecule has 1 aromatic rings. The zero-order chi connectivity index (χ0) is 16.2. The third kappa shape index (κ3) is 4.16. The van der Waals surface area contributed by atoms with Gasteiger partial charge in [0, 0.05) is 5.41 Å². The van der Waals surface area contributed by atoms with Crippen LogP contribution in [0.25, 0.3) is 6.08 Å². The van der Waals surface area contributed by atoms with Gasteiger partial charge in [0.05, 0.1) is 26.2 Å². The highest BCUT2D eigenvalue weighted by Gasteiger charge is 2.31. The lowest BCUT2D eigenvalue weighted by Crippen LogP contribution is -3.19. The van der Waals surface area contributed by atoms with Crippen LogP contribution >= 0.6 is 0 Å². The first-order valence-electron chi connectivity index (χ1n) is 7.27. The van der Waals surface area contributed by atoms with E-state index < -0.39 is 10.0 Å². The van der Waals surface area contributed by atoms with Crippen molar-refractivity contribution in [3.63, 3.8) is 0 Å². The van der Waals surface area contributed by atoms with Crippen molar-refractivity contribution in [1.82, 2.24) is 4.31 Å². The Kier molecular flexibility index (Phi) is 5.33. The van der Waals surface area contributed by atoms with Gasteiger partial charge in [-0.2, -0.15) is 4.31 Å². The van der Waals surface area contributed by atoms with Crippen LogP contribution in [0.2, 0.25) is 0 Å². The number of rotatable bonds is 5. The molecule has 2 rings (SSSR count). The van der Waals surface area contributed by atoms with E-state index in [9.17, 15) is 13.2 Å². The predicted octanol–water partition coefficient (Wildman–Crippen LogP) is -0.939. The first-order chi connectivity index (χ1) is 10.4. The highest BCUT2D eigenvalue weighted by atomic mass is 32.2. The third-order valence-electron chi connectivity index (χ3n) is 4.00. The Balaban J connectivity index is 1.98. The minimum atomic E-state index is -3.43. The minimum Gasteiger partial charge on any atom is -0.365 e. The molecule has 1 aromatic carbocycles. The van der Waals surface area contributed by atoms with Crippen molar-refractivity contribution < 1.29 is 18.1 Å². The van der Waals surface area contributed by atoms with E-state index in [4.69, 9.17) is 5.73 Å². The number of nitrogens with two attached hydrogens (primary N) is 1. The molecule has 1 aliphatic rings. The highest BCUT2D eigenvalue weighted by Crippen LogP contribution is 2.08. The predicted molar refractivity (Wildman–Crippen MR) is 85.3 cm³/mol. The maximum Gasteiger partial charge on any atom is 0.275 e. The summed E-state index contributed by atoms with van der Waals surface area (Å²) in [5, 5.41) is 1.24. The molecule has 3 N–H and O–H groups in total. The summed E-state index contributed by atoms with van der Waals surface area (Å²) in [6.45, 7) is 3.74. The summed E-state index contributed by atoms with van der Waals surface area (Å²) in [5.74, 6) is -0.352. The summed E-state index contributed by atoms with van der Waals surface area (Å²) in [5.41, 5.74) is 6.14. The third-order valence-corrected chi connectivity index (χ3v) is 5.56. The van der Waals surface area contributed by atoms with E-state index >= 15 is 0 Å². The lowest BCUT2D eigenvalue weighted by atomic mass is 10.2. The van der Waals surface area contributed by atoms with Gasteiger partial charge < -0.3 is 10.6 Å². The van der Waals surface area contributed by atoms with Crippen molar-refractivity contribution in [1.29, 1.82) is 0 Å². The molecule has 1 fully saturated rings. The first-order valence-corrected chi connectivity index (χ1v) is 8.77. The number of hydrogen-bond donors (Lipinski definition) is 2. The average Bonchev–Trinajstić information content (AvgIpc) is 2.53. The van der Waals surface area contributed by atoms with Gasteiger partial charge in [0.25, 0.3) is 5.91 Å². The molecule has 120 valence electrons. The normalized spacial score (nSPS) is 19.3. The molecule has 0 aliphatic carbocycles. The van der Waals surface area contributed by atoms with E-state index in [0.717, 1.165) is 10.5 Å². The van der Waals surface area contributed by atoms with Crippen LogP contribution in [0.3, 0.4) is 0 Å². The van der Waals surface area contributed by atoms with E-state index in [1.807, 2.05) is 30.3 Å². The van der Waals surface area contributed by atoms with Crippen LogP contribution in [0, 0.1) is 0 Å². The van der Waals surface area contributed by atoms with Crippen LogP contribution in [0.1, 0.15) is 12.5 Å². The highest BCUT2D eigenvalue weighted by molar-refractivity contribution is 7.92. The van der Waals surface area contributed by atoms with Gasteiger partial charge in [-0.15, -0.1) is 0 Å². The number of nitrogens with one attached hydrogen (secondary N) is 1. The van der Waals surface area contributed by atoms with Crippen molar-refractivity contribution in [3.8, 4) is 0 Å². The molecule has 0 radical (unpaired) electrons. The molecule has 0 spiro atoms. The van der Waals surface area contributed by atoms with Gasteiger partial charge in [-0.25, -0.2) is 8.42 Å². The summed E-state index contributed by atoms with van der Waals surface area (Å²) < 4.78 is 26.1. The molecule has 1 saturated heterocycles. The zero-order valence-electron chi connectivity index (χ0n) is 12.6. The monoisotopic (exact) mass is 324 g/mol. The van der Waals surface area contributed by atoms with Crippen LogP contribution < -0.4 is 10.6 Å². The molecule has 0 unspecified atom stereocenters. The number of sulfonamides is 1. The summed E-state index contributed by atoms with van der Waals surface area (Å²) in [4.78, 5) is 12.2. The van der Waals surface area contributed by atoms with Gasteiger partial charge in [0.15, 0.2) is 6.04 Å². The fraction of sp³-hybridized carbons (Fsp3) is 0.400.